The summed E-state index contributed by atoms with van der Waals surface area (Å²) < 4.78 is 0. The Morgan fingerprint density at radius 1 is 0.941 bits per heavy atom. The van der Waals surface area contributed by atoms with Crippen LogP contribution in [0.25, 0.3) is 0 Å². The highest BCUT2D eigenvalue weighted by Crippen LogP contribution is 2.59. The number of hydrogen-bond acceptors (Lipinski definition) is 1. The predicted octanol–water partition coefficient (Wildman–Crippen LogP) is 4.00. The summed E-state index contributed by atoms with van der Waals surface area (Å²) in [7, 11) is 0. The molecule has 0 spiro atoms. The van der Waals surface area contributed by atoms with E-state index >= 15 is 0 Å². The monoisotopic (exact) mass is 236 g/mol. The third kappa shape index (κ3) is 2.16. The zero-order valence-corrected chi connectivity index (χ0v) is 11.3. The minimum Gasteiger partial charge on any atom is -0.393 e. The van der Waals surface area contributed by atoms with Gasteiger partial charge in [-0.2, -0.15) is 0 Å². The van der Waals surface area contributed by atoms with Crippen LogP contribution >= 0.6 is 0 Å². The van der Waals surface area contributed by atoms with Crippen LogP contribution in [0, 0.1) is 29.6 Å². The van der Waals surface area contributed by atoms with Gasteiger partial charge in [-0.1, -0.05) is 45.4 Å². The van der Waals surface area contributed by atoms with Crippen molar-refractivity contribution in [1.82, 2.24) is 0 Å². The maximum absolute atomic E-state index is 10.7. The number of rotatable bonds is 3. The van der Waals surface area contributed by atoms with Gasteiger partial charge in [0.1, 0.15) is 0 Å². The fraction of sp³-hybridized carbons (Fsp3) is 1.00. The van der Waals surface area contributed by atoms with Crippen LogP contribution in [0.3, 0.4) is 0 Å². The van der Waals surface area contributed by atoms with E-state index in [2.05, 4.69) is 6.92 Å². The molecule has 0 aliphatic heterocycles. The molecule has 0 heterocycles. The Morgan fingerprint density at radius 3 is 2.18 bits per heavy atom. The van der Waals surface area contributed by atoms with Crippen LogP contribution in [0.4, 0.5) is 0 Å². The van der Waals surface area contributed by atoms with Gasteiger partial charge in [0, 0.05) is 0 Å². The molecular weight excluding hydrogens is 208 g/mol. The summed E-state index contributed by atoms with van der Waals surface area (Å²) in [6.07, 6.45) is 12.4. The Balaban J connectivity index is 1.63. The molecule has 1 N–H and O–H groups in total. The van der Waals surface area contributed by atoms with E-state index in [1.54, 1.807) is 0 Å². The standard InChI is InChI=1S/C16H28O/c1-2-11-7-3-4-8-12(11)16(17)15-13-9-5-6-10-14(13)15/h11-17H,2-10H2,1H3. The summed E-state index contributed by atoms with van der Waals surface area (Å²) in [4.78, 5) is 0. The van der Waals surface area contributed by atoms with Gasteiger partial charge in [0.25, 0.3) is 0 Å². The lowest BCUT2D eigenvalue weighted by Gasteiger charge is -2.34. The Morgan fingerprint density at radius 2 is 1.53 bits per heavy atom. The first-order valence-corrected chi connectivity index (χ1v) is 8.01. The fourth-order valence-electron chi connectivity index (χ4n) is 5.03. The minimum absolute atomic E-state index is 0.0494. The average Bonchev–Trinajstić information content (AvgIpc) is 3.12. The van der Waals surface area contributed by atoms with Crippen molar-refractivity contribution < 1.29 is 5.11 Å². The molecule has 3 aliphatic carbocycles. The molecule has 0 amide bonds. The molecule has 1 heteroatoms. The van der Waals surface area contributed by atoms with E-state index in [4.69, 9.17) is 0 Å². The third-order valence-electron chi connectivity index (χ3n) is 6.05. The molecule has 17 heavy (non-hydrogen) atoms. The van der Waals surface area contributed by atoms with E-state index < -0.39 is 0 Å². The van der Waals surface area contributed by atoms with Gasteiger partial charge in [-0.05, 0) is 48.9 Å². The second-order valence-electron chi connectivity index (χ2n) is 6.80. The molecular formula is C16H28O. The van der Waals surface area contributed by atoms with Gasteiger partial charge < -0.3 is 5.11 Å². The van der Waals surface area contributed by atoms with Crippen molar-refractivity contribution in [1.29, 1.82) is 0 Å². The van der Waals surface area contributed by atoms with Crippen molar-refractivity contribution in [2.75, 3.05) is 0 Å². The molecule has 0 aromatic carbocycles. The third-order valence-corrected chi connectivity index (χ3v) is 6.05. The van der Waals surface area contributed by atoms with Crippen molar-refractivity contribution in [2.45, 2.75) is 70.8 Å². The quantitative estimate of drug-likeness (QED) is 0.785. The molecule has 3 rings (SSSR count). The van der Waals surface area contributed by atoms with Crippen molar-refractivity contribution in [2.24, 2.45) is 29.6 Å². The molecule has 0 saturated heterocycles. The molecule has 3 saturated carbocycles. The van der Waals surface area contributed by atoms with Gasteiger partial charge in [0.05, 0.1) is 6.10 Å². The molecule has 1 nitrogen and oxygen atoms in total. The second-order valence-corrected chi connectivity index (χ2v) is 6.80. The minimum atomic E-state index is 0.0494. The van der Waals surface area contributed by atoms with E-state index in [0.29, 0.717) is 11.8 Å². The van der Waals surface area contributed by atoms with Gasteiger partial charge >= 0.3 is 0 Å². The van der Waals surface area contributed by atoms with Crippen LogP contribution in [0.2, 0.25) is 0 Å². The highest BCUT2D eigenvalue weighted by molar-refractivity contribution is 5.04. The van der Waals surface area contributed by atoms with Crippen LogP contribution in [0.1, 0.15) is 64.7 Å². The molecule has 0 radical (unpaired) electrons. The first-order valence-electron chi connectivity index (χ1n) is 8.01. The summed E-state index contributed by atoms with van der Waals surface area (Å²) in [5.74, 6) is 4.00. The van der Waals surface area contributed by atoms with Crippen molar-refractivity contribution in [3.8, 4) is 0 Å². The highest BCUT2D eigenvalue weighted by atomic mass is 16.3. The van der Waals surface area contributed by atoms with Gasteiger partial charge in [-0.3, -0.25) is 0 Å². The maximum atomic E-state index is 10.7. The van der Waals surface area contributed by atoms with E-state index in [0.717, 1.165) is 17.8 Å². The lowest BCUT2D eigenvalue weighted by atomic mass is 9.73. The number of aliphatic hydroxyl groups is 1. The summed E-state index contributed by atoms with van der Waals surface area (Å²) in [6, 6.07) is 0. The highest BCUT2D eigenvalue weighted by Gasteiger charge is 2.55. The zero-order valence-electron chi connectivity index (χ0n) is 11.3. The fourth-order valence-corrected chi connectivity index (χ4v) is 5.03. The maximum Gasteiger partial charge on any atom is 0.0604 e. The van der Waals surface area contributed by atoms with E-state index in [1.165, 1.54) is 57.8 Å². The molecule has 98 valence electrons. The van der Waals surface area contributed by atoms with Crippen molar-refractivity contribution >= 4 is 0 Å². The summed E-state index contributed by atoms with van der Waals surface area (Å²) in [6.45, 7) is 2.32. The molecule has 0 aromatic rings. The van der Waals surface area contributed by atoms with Crippen molar-refractivity contribution in [3.63, 3.8) is 0 Å². The topological polar surface area (TPSA) is 20.2 Å². The van der Waals surface area contributed by atoms with Gasteiger partial charge in [-0.15, -0.1) is 0 Å². The molecule has 5 unspecified atom stereocenters. The summed E-state index contributed by atoms with van der Waals surface area (Å²) in [5, 5.41) is 10.7. The van der Waals surface area contributed by atoms with Crippen LogP contribution in [0.5, 0.6) is 0 Å². The van der Waals surface area contributed by atoms with Crippen LogP contribution in [-0.4, -0.2) is 11.2 Å². The van der Waals surface area contributed by atoms with Gasteiger partial charge in [0.15, 0.2) is 0 Å². The lowest BCUT2D eigenvalue weighted by molar-refractivity contribution is 0.0238. The SMILES string of the molecule is CCC1CCCCC1C(O)C1C2CCCCC21. The molecule has 0 aromatic heterocycles. The predicted molar refractivity (Wildman–Crippen MR) is 70.7 cm³/mol. The smallest absolute Gasteiger partial charge is 0.0604 e. The summed E-state index contributed by atoms with van der Waals surface area (Å²) >= 11 is 0. The van der Waals surface area contributed by atoms with E-state index in [-0.39, 0.29) is 6.10 Å². The Bertz CT molecular complexity index is 250. The second kappa shape index (κ2) is 4.91. The molecule has 3 fully saturated rings. The number of hydrogen-bond donors (Lipinski definition) is 1. The summed E-state index contributed by atoms with van der Waals surface area (Å²) in [5.41, 5.74) is 0. The molecule has 3 aliphatic rings. The average molecular weight is 236 g/mol. The van der Waals surface area contributed by atoms with Crippen LogP contribution in [-0.2, 0) is 0 Å². The lowest BCUT2D eigenvalue weighted by Crippen LogP contribution is -2.32. The molecule has 5 atom stereocenters. The first kappa shape index (κ1) is 12.0. The van der Waals surface area contributed by atoms with E-state index in [9.17, 15) is 5.11 Å². The van der Waals surface area contributed by atoms with Gasteiger partial charge in [0.2, 0.25) is 0 Å². The first-order chi connectivity index (χ1) is 8.33. The van der Waals surface area contributed by atoms with Crippen molar-refractivity contribution in [3.05, 3.63) is 0 Å². The normalized spacial score (nSPS) is 47.3. The number of fused-ring (bicyclic) bond motifs is 1. The Labute approximate surface area is 106 Å². The molecule has 0 bridgehead atoms. The largest absolute Gasteiger partial charge is 0.393 e. The number of aliphatic hydroxyl groups excluding tert-OH is 1. The van der Waals surface area contributed by atoms with Crippen LogP contribution < -0.4 is 0 Å². The van der Waals surface area contributed by atoms with E-state index in [1.807, 2.05) is 0 Å². The Hall–Kier alpha value is -0.0400. The van der Waals surface area contributed by atoms with Crippen LogP contribution in [0.15, 0.2) is 0 Å². The zero-order chi connectivity index (χ0) is 11.8. The Kier molecular flexibility index (Phi) is 3.47. The van der Waals surface area contributed by atoms with Gasteiger partial charge in [-0.25, -0.2) is 0 Å².